The molecule has 8 nitrogen and oxygen atoms in total. The molecule has 0 amide bonds. The summed E-state index contributed by atoms with van der Waals surface area (Å²) < 4.78 is 53.0. The molecule has 0 aromatic heterocycles. The van der Waals surface area contributed by atoms with E-state index in [1.807, 2.05) is 37.3 Å². The molecule has 0 bridgehead atoms. The first-order chi connectivity index (χ1) is 13.3. The summed E-state index contributed by atoms with van der Waals surface area (Å²) in [4.78, 5) is 0. The van der Waals surface area contributed by atoms with Gasteiger partial charge < -0.3 is 14.4 Å². The van der Waals surface area contributed by atoms with Crippen LogP contribution in [0.2, 0.25) is 0 Å². The molecular weight excluding hydrogens is 404 g/mol. The molecule has 2 atom stereocenters. The Hall–Kier alpha value is -0.560. The van der Waals surface area contributed by atoms with Crippen molar-refractivity contribution in [1.29, 1.82) is 0 Å². The van der Waals surface area contributed by atoms with Gasteiger partial charge in [-0.1, -0.05) is 30.3 Å². The van der Waals surface area contributed by atoms with Crippen molar-refractivity contribution in [2.75, 3.05) is 33.0 Å². The monoisotopic (exact) mass is 437 g/mol. The average Bonchev–Trinajstić information content (AvgIpc) is 2.66. The Morgan fingerprint density at radius 2 is 1.36 bits per heavy atom. The molecule has 0 aliphatic heterocycles. The van der Waals surface area contributed by atoms with Gasteiger partial charge in [0.1, 0.15) is 0 Å². The van der Waals surface area contributed by atoms with E-state index < -0.39 is 21.3 Å². The quantitative estimate of drug-likeness (QED) is 0.378. The molecule has 0 spiro atoms. The van der Waals surface area contributed by atoms with Gasteiger partial charge in [0.15, 0.2) is 5.85 Å². The number of benzene rings is 1. The summed E-state index contributed by atoms with van der Waals surface area (Å²) in [5, 5.41) is 3.24. The molecule has 0 aliphatic carbocycles. The van der Waals surface area contributed by atoms with Gasteiger partial charge in [-0.15, -0.1) is 0 Å². The van der Waals surface area contributed by atoms with Crippen molar-refractivity contribution >= 4 is 15.4 Å². The summed E-state index contributed by atoms with van der Waals surface area (Å²) in [6.45, 7) is 9.31. The van der Waals surface area contributed by atoms with Crippen LogP contribution in [0.4, 0.5) is 0 Å². The lowest BCUT2D eigenvalue weighted by molar-refractivity contribution is 0.0880. The van der Waals surface area contributed by atoms with Crippen LogP contribution in [0, 0.1) is 0 Å². The summed E-state index contributed by atoms with van der Waals surface area (Å²) in [6, 6.07) is 9.69. The highest BCUT2D eigenvalue weighted by Crippen LogP contribution is 2.61. The topological polar surface area (TPSA) is 92.3 Å². The largest absolute Gasteiger partial charge is 0.475 e. The van der Waals surface area contributed by atoms with Crippen molar-refractivity contribution < 1.29 is 31.7 Å². The molecule has 0 heterocycles. The zero-order chi connectivity index (χ0) is 21.0. The third-order valence-corrected chi connectivity index (χ3v) is 7.75. The summed E-state index contributed by atoms with van der Waals surface area (Å²) in [6.07, 6.45) is 0. The van der Waals surface area contributed by atoms with Crippen LogP contribution in [0.25, 0.3) is 0 Å². The molecule has 2 unspecified atom stereocenters. The van der Waals surface area contributed by atoms with Gasteiger partial charge >= 0.3 is 15.4 Å². The first-order valence-electron chi connectivity index (χ1n) is 9.58. The maximum absolute atomic E-state index is 13.3. The van der Waals surface area contributed by atoms with Gasteiger partial charge in [0.05, 0.1) is 26.4 Å². The van der Waals surface area contributed by atoms with E-state index in [1.165, 1.54) is 0 Å². The first kappa shape index (κ1) is 25.5. The zero-order valence-corrected chi connectivity index (χ0v) is 19.1. The fraction of sp³-hybridized carbons (Fsp3) is 0.667. The van der Waals surface area contributed by atoms with Crippen LogP contribution in [0.15, 0.2) is 30.3 Å². The zero-order valence-electron chi connectivity index (χ0n) is 17.3. The highest BCUT2D eigenvalue weighted by molar-refractivity contribution is 7.56. The van der Waals surface area contributed by atoms with Crippen LogP contribution in [-0.2, 0) is 31.7 Å². The Kier molecular flexibility index (Phi) is 11.7. The normalized spacial score (nSPS) is 14.8. The Morgan fingerprint density at radius 3 is 1.82 bits per heavy atom. The van der Waals surface area contributed by atoms with E-state index >= 15 is 0 Å². The highest BCUT2D eigenvalue weighted by atomic mass is 31.2. The Labute approximate surface area is 168 Å². The van der Waals surface area contributed by atoms with E-state index in [2.05, 4.69) is 5.32 Å². The van der Waals surface area contributed by atoms with Gasteiger partial charge in [-0.2, -0.15) is 0 Å². The lowest BCUT2D eigenvalue weighted by atomic mass is 10.1. The third kappa shape index (κ3) is 8.05. The Morgan fingerprint density at radius 1 is 0.857 bits per heavy atom. The number of nitrogens with one attached hydrogen (secondary N) is 1. The van der Waals surface area contributed by atoms with E-state index in [-0.39, 0.29) is 39.0 Å². The van der Waals surface area contributed by atoms with E-state index in [0.717, 1.165) is 5.56 Å². The maximum atomic E-state index is 13.3. The molecule has 1 N–H and O–H groups in total. The SMILES string of the molecule is CCOP(=O)(OCC)OC(CNC(C)c1ccccc1)P(=O)(OCC)OCC. The minimum absolute atomic E-state index is 0.0669. The highest BCUT2D eigenvalue weighted by Gasteiger charge is 2.43. The van der Waals surface area contributed by atoms with Gasteiger partial charge in [0.2, 0.25) is 0 Å². The Balaban J connectivity index is 3.05. The van der Waals surface area contributed by atoms with Crippen molar-refractivity contribution in [2.45, 2.75) is 46.5 Å². The summed E-state index contributed by atoms with van der Waals surface area (Å²) in [5.41, 5.74) is 1.04. The lowest BCUT2D eigenvalue weighted by Gasteiger charge is -2.29. The molecule has 162 valence electrons. The molecule has 0 radical (unpaired) electrons. The van der Waals surface area contributed by atoms with Gasteiger partial charge in [0.25, 0.3) is 0 Å². The molecule has 1 rings (SSSR count). The van der Waals surface area contributed by atoms with Gasteiger partial charge in [-0.05, 0) is 40.2 Å². The predicted molar refractivity (Wildman–Crippen MR) is 109 cm³/mol. The van der Waals surface area contributed by atoms with Crippen LogP contribution in [0.3, 0.4) is 0 Å². The smallest absolute Gasteiger partial charge is 0.307 e. The minimum Gasteiger partial charge on any atom is -0.307 e. The van der Waals surface area contributed by atoms with Crippen molar-refractivity contribution in [2.24, 2.45) is 0 Å². The third-order valence-electron chi connectivity index (χ3n) is 3.69. The maximum Gasteiger partial charge on any atom is 0.475 e. The van der Waals surface area contributed by atoms with Crippen molar-refractivity contribution in [3.05, 3.63) is 35.9 Å². The molecule has 0 aliphatic rings. The fourth-order valence-corrected chi connectivity index (χ4v) is 5.94. The number of rotatable bonds is 15. The molecular formula is C18H33NO7P2. The van der Waals surface area contributed by atoms with Crippen LogP contribution in [0.1, 0.15) is 46.2 Å². The lowest BCUT2D eigenvalue weighted by Crippen LogP contribution is -2.32. The van der Waals surface area contributed by atoms with Crippen LogP contribution < -0.4 is 5.32 Å². The number of phosphoric acid groups is 1. The Bertz CT molecular complexity index is 624. The second kappa shape index (κ2) is 12.9. The van der Waals surface area contributed by atoms with Crippen LogP contribution in [-0.4, -0.2) is 38.8 Å². The van der Waals surface area contributed by atoms with Gasteiger partial charge in [-0.25, -0.2) is 4.57 Å². The molecule has 0 fully saturated rings. The number of phosphoric ester groups is 1. The van der Waals surface area contributed by atoms with E-state index in [9.17, 15) is 9.13 Å². The standard InChI is InChI=1S/C18H33NO7P2/c1-6-22-27(20,23-7-2)18(26-28(21,24-8-3)25-9-4)15-19-16(5)17-13-11-10-12-14-17/h10-14,16,18-19H,6-9,15H2,1-5H3. The predicted octanol–water partition coefficient (Wildman–Crippen LogP) is 5.13. The first-order valence-corrected chi connectivity index (χ1v) is 12.7. The van der Waals surface area contributed by atoms with E-state index in [1.54, 1.807) is 27.7 Å². The molecule has 1 aromatic carbocycles. The summed E-state index contributed by atoms with van der Waals surface area (Å²) >= 11 is 0. The second-order valence-electron chi connectivity index (χ2n) is 5.76. The average molecular weight is 437 g/mol. The summed E-state index contributed by atoms with van der Waals surface area (Å²) in [5.74, 6) is -1.16. The van der Waals surface area contributed by atoms with Gasteiger partial charge in [-0.3, -0.25) is 18.1 Å². The molecule has 1 aromatic rings. The molecule has 28 heavy (non-hydrogen) atoms. The van der Waals surface area contributed by atoms with E-state index in [0.29, 0.717) is 0 Å². The molecule has 0 saturated heterocycles. The van der Waals surface area contributed by atoms with Crippen molar-refractivity contribution in [1.82, 2.24) is 5.32 Å². The van der Waals surface area contributed by atoms with Crippen LogP contribution in [0.5, 0.6) is 0 Å². The number of hydrogen-bond acceptors (Lipinski definition) is 8. The number of hydrogen-bond donors (Lipinski definition) is 1. The minimum atomic E-state index is -3.92. The van der Waals surface area contributed by atoms with Crippen molar-refractivity contribution in [3.63, 3.8) is 0 Å². The fourth-order valence-electron chi connectivity index (χ4n) is 2.47. The molecule has 0 saturated carbocycles. The van der Waals surface area contributed by atoms with Gasteiger partial charge in [0, 0.05) is 12.6 Å². The van der Waals surface area contributed by atoms with E-state index in [4.69, 9.17) is 22.6 Å². The summed E-state index contributed by atoms with van der Waals surface area (Å²) in [7, 11) is -7.66. The van der Waals surface area contributed by atoms with Crippen molar-refractivity contribution in [3.8, 4) is 0 Å². The molecule has 10 heteroatoms. The second-order valence-corrected chi connectivity index (χ2v) is 9.55. The van der Waals surface area contributed by atoms with Crippen LogP contribution >= 0.6 is 15.4 Å².